The van der Waals surface area contributed by atoms with Crippen molar-refractivity contribution in [2.45, 2.75) is 6.42 Å². The summed E-state index contributed by atoms with van der Waals surface area (Å²) in [6, 6.07) is 9.79. The first kappa shape index (κ1) is 12.0. The molecule has 0 N–H and O–H groups in total. The molecule has 0 aliphatic carbocycles. The van der Waals surface area contributed by atoms with E-state index < -0.39 is 0 Å². The van der Waals surface area contributed by atoms with Crippen LogP contribution in [0.3, 0.4) is 0 Å². The summed E-state index contributed by atoms with van der Waals surface area (Å²) in [4.78, 5) is 17.6. The summed E-state index contributed by atoms with van der Waals surface area (Å²) < 4.78 is 2.06. The summed E-state index contributed by atoms with van der Waals surface area (Å²) in [7, 11) is 0. The average Bonchev–Trinajstić information content (AvgIpc) is 2.96. The molecule has 2 heterocycles. The van der Waals surface area contributed by atoms with E-state index in [4.69, 9.17) is 0 Å². The minimum absolute atomic E-state index is 0.0827. The number of benzene rings is 1. The first-order chi connectivity index (χ1) is 8.74. The van der Waals surface area contributed by atoms with E-state index in [9.17, 15) is 4.79 Å². The van der Waals surface area contributed by atoms with Crippen LogP contribution in [0.15, 0.2) is 40.2 Å². The van der Waals surface area contributed by atoms with E-state index >= 15 is 0 Å². The van der Waals surface area contributed by atoms with Gasteiger partial charge in [-0.05, 0) is 39.5 Å². The Morgan fingerprint density at radius 2 is 2.11 bits per heavy atom. The van der Waals surface area contributed by atoms with E-state index in [0.29, 0.717) is 11.4 Å². The molecular weight excluding hydrogens is 330 g/mol. The van der Waals surface area contributed by atoms with E-state index in [0.717, 1.165) is 19.6 Å². The lowest BCUT2D eigenvalue weighted by Crippen LogP contribution is -2.01. The molecule has 0 spiro atoms. The van der Waals surface area contributed by atoms with Crippen molar-refractivity contribution < 1.29 is 4.79 Å². The van der Waals surface area contributed by atoms with Crippen molar-refractivity contribution in [3.05, 3.63) is 50.1 Å². The number of rotatable bonds is 3. The van der Waals surface area contributed by atoms with Gasteiger partial charge in [0.15, 0.2) is 10.8 Å². The maximum Gasteiger partial charge on any atom is 0.196 e. The van der Waals surface area contributed by atoms with Crippen molar-refractivity contribution in [2.75, 3.05) is 0 Å². The van der Waals surface area contributed by atoms with Crippen LogP contribution in [0.25, 0.3) is 10.2 Å². The Kier molecular flexibility index (Phi) is 3.28. The number of thiazole rings is 1. The molecule has 3 aromatic rings. The highest BCUT2D eigenvalue weighted by atomic mass is 79.9. The van der Waals surface area contributed by atoms with Crippen molar-refractivity contribution in [3.8, 4) is 0 Å². The number of thiophene rings is 1. The molecule has 3 rings (SSSR count). The van der Waals surface area contributed by atoms with Crippen LogP contribution in [0.2, 0.25) is 0 Å². The van der Waals surface area contributed by atoms with Gasteiger partial charge >= 0.3 is 0 Å². The molecule has 0 aliphatic rings. The summed E-state index contributed by atoms with van der Waals surface area (Å²) in [6.45, 7) is 0. The number of para-hydroxylation sites is 1. The third-order valence-corrected chi connectivity index (χ3v) is 5.55. The number of fused-ring (bicyclic) bond motifs is 1. The Balaban J connectivity index is 1.90. The first-order valence-corrected chi connectivity index (χ1v) is 7.83. The van der Waals surface area contributed by atoms with E-state index in [2.05, 4.69) is 20.9 Å². The lowest BCUT2D eigenvalue weighted by molar-refractivity contribution is 0.0993. The SMILES string of the molecule is O=C(Cc1sccc1Br)c1nc2ccccc2s1. The van der Waals surface area contributed by atoms with Crippen molar-refractivity contribution in [1.82, 2.24) is 4.98 Å². The van der Waals surface area contributed by atoms with Gasteiger partial charge < -0.3 is 0 Å². The summed E-state index contributed by atoms with van der Waals surface area (Å²) in [5.74, 6) is 0.0827. The molecule has 1 aromatic carbocycles. The zero-order valence-corrected chi connectivity index (χ0v) is 12.4. The predicted octanol–water partition coefficient (Wildman–Crippen LogP) is 4.55. The van der Waals surface area contributed by atoms with Crippen LogP contribution in [0.5, 0.6) is 0 Å². The molecule has 0 bridgehead atoms. The average molecular weight is 338 g/mol. The Bertz CT molecular complexity index is 683. The molecule has 18 heavy (non-hydrogen) atoms. The Morgan fingerprint density at radius 3 is 2.83 bits per heavy atom. The van der Waals surface area contributed by atoms with Crippen LogP contribution in [0, 0.1) is 0 Å². The molecular formula is C13H8BrNOS2. The standard InChI is InChI=1S/C13H8BrNOS2/c14-8-5-6-17-12(8)7-10(16)13-15-9-3-1-2-4-11(9)18-13/h1-6H,7H2. The van der Waals surface area contributed by atoms with Gasteiger partial charge in [0.05, 0.1) is 10.2 Å². The number of ketones is 1. The fourth-order valence-corrected chi connectivity index (χ4v) is 4.06. The summed E-state index contributed by atoms with van der Waals surface area (Å²) in [5.41, 5.74) is 0.899. The Hall–Kier alpha value is -1.04. The van der Waals surface area contributed by atoms with Crippen molar-refractivity contribution in [1.29, 1.82) is 0 Å². The zero-order valence-electron chi connectivity index (χ0n) is 9.22. The van der Waals surface area contributed by atoms with Gasteiger partial charge in [0.2, 0.25) is 0 Å². The van der Waals surface area contributed by atoms with Gasteiger partial charge in [-0.15, -0.1) is 22.7 Å². The minimum atomic E-state index is 0.0827. The van der Waals surface area contributed by atoms with Crippen molar-refractivity contribution in [3.63, 3.8) is 0 Å². The molecule has 0 unspecified atom stereocenters. The largest absolute Gasteiger partial charge is 0.291 e. The third kappa shape index (κ3) is 2.25. The Morgan fingerprint density at radius 1 is 1.28 bits per heavy atom. The molecule has 0 fully saturated rings. The number of aromatic nitrogens is 1. The van der Waals surface area contributed by atoms with E-state index in [1.807, 2.05) is 35.7 Å². The monoisotopic (exact) mass is 337 g/mol. The number of Topliss-reactive ketones (excluding diaryl/α,β-unsaturated/α-hetero) is 1. The van der Waals surface area contributed by atoms with E-state index in [-0.39, 0.29) is 5.78 Å². The zero-order chi connectivity index (χ0) is 12.5. The topological polar surface area (TPSA) is 30.0 Å². The van der Waals surface area contributed by atoms with Gasteiger partial charge in [0.1, 0.15) is 0 Å². The Labute approximate surface area is 120 Å². The number of carbonyl (C=O) groups is 1. The second-order valence-corrected chi connectivity index (χ2v) is 6.66. The second kappa shape index (κ2) is 4.91. The van der Waals surface area contributed by atoms with Crippen LogP contribution in [-0.2, 0) is 6.42 Å². The fourth-order valence-electron chi connectivity index (χ4n) is 1.66. The van der Waals surface area contributed by atoms with Gasteiger partial charge in [0.25, 0.3) is 0 Å². The normalized spacial score (nSPS) is 10.9. The second-order valence-electron chi connectivity index (χ2n) is 3.78. The summed E-state index contributed by atoms with van der Waals surface area (Å²) in [5, 5.41) is 2.57. The van der Waals surface area contributed by atoms with Crippen LogP contribution in [0.4, 0.5) is 0 Å². The lowest BCUT2D eigenvalue weighted by Gasteiger charge is -1.95. The summed E-state index contributed by atoms with van der Waals surface area (Å²) >= 11 is 6.49. The molecule has 5 heteroatoms. The number of hydrogen-bond acceptors (Lipinski definition) is 4. The van der Waals surface area contributed by atoms with Gasteiger partial charge in [-0.25, -0.2) is 4.98 Å². The molecule has 90 valence electrons. The highest BCUT2D eigenvalue weighted by Crippen LogP contribution is 2.26. The van der Waals surface area contributed by atoms with Gasteiger partial charge in [-0.2, -0.15) is 0 Å². The van der Waals surface area contributed by atoms with Crippen LogP contribution in [-0.4, -0.2) is 10.8 Å². The molecule has 0 atom stereocenters. The minimum Gasteiger partial charge on any atom is -0.291 e. The van der Waals surface area contributed by atoms with E-state index in [1.54, 1.807) is 11.3 Å². The predicted molar refractivity (Wildman–Crippen MR) is 79.7 cm³/mol. The van der Waals surface area contributed by atoms with Crippen LogP contribution >= 0.6 is 38.6 Å². The molecule has 2 aromatic heterocycles. The highest BCUT2D eigenvalue weighted by molar-refractivity contribution is 9.10. The maximum atomic E-state index is 12.2. The highest BCUT2D eigenvalue weighted by Gasteiger charge is 2.14. The number of nitrogens with zero attached hydrogens (tertiary/aromatic N) is 1. The molecule has 0 radical (unpaired) electrons. The van der Waals surface area contributed by atoms with Gasteiger partial charge in [0, 0.05) is 15.8 Å². The maximum absolute atomic E-state index is 12.2. The van der Waals surface area contributed by atoms with Gasteiger partial charge in [-0.1, -0.05) is 12.1 Å². The molecule has 0 saturated heterocycles. The van der Waals surface area contributed by atoms with Gasteiger partial charge in [-0.3, -0.25) is 4.79 Å². The first-order valence-electron chi connectivity index (χ1n) is 5.34. The number of halogens is 1. The van der Waals surface area contributed by atoms with Crippen molar-refractivity contribution >= 4 is 54.6 Å². The van der Waals surface area contributed by atoms with Crippen molar-refractivity contribution in [2.24, 2.45) is 0 Å². The lowest BCUT2D eigenvalue weighted by atomic mass is 10.2. The number of hydrogen-bond donors (Lipinski definition) is 0. The molecule has 0 saturated carbocycles. The molecule has 2 nitrogen and oxygen atoms in total. The smallest absolute Gasteiger partial charge is 0.196 e. The fraction of sp³-hybridized carbons (Fsp3) is 0.0769. The molecule has 0 aliphatic heterocycles. The molecule has 0 amide bonds. The van der Waals surface area contributed by atoms with Crippen LogP contribution < -0.4 is 0 Å². The van der Waals surface area contributed by atoms with E-state index in [1.165, 1.54) is 11.3 Å². The van der Waals surface area contributed by atoms with Crippen LogP contribution in [0.1, 0.15) is 14.7 Å². The summed E-state index contributed by atoms with van der Waals surface area (Å²) in [6.07, 6.45) is 0.415. The number of carbonyl (C=O) groups excluding carboxylic acids is 1. The quantitative estimate of drug-likeness (QED) is 0.656. The third-order valence-electron chi connectivity index (χ3n) is 2.54.